The summed E-state index contributed by atoms with van der Waals surface area (Å²) in [6.07, 6.45) is 5.76. The summed E-state index contributed by atoms with van der Waals surface area (Å²) in [5.41, 5.74) is 5.00. The highest BCUT2D eigenvalue weighted by atomic mass is 19.1. The highest BCUT2D eigenvalue weighted by Gasteiger charge is 2.30. The first-order valence-electron chi connectivity index (χ1n) is 8.44. The van der Waals surface area contributed by atoms with Crippen molar-refractivity contribution in [1.29, 1.82) is 0 Å². The van der Waals surface area contributed by atoms with Crippen molar-refractivity contribution in [1.82, 2.24) is 9.55 Å². The van der Waals surface area contributed by atoms with Gasteiger partial charge in [0.15, 0.2) is 11.6 Å². The first-order chi connectivity index (χ1) is 12.0. The van der Waals surface area contributed by atoms with E-state index < -0.39 is 17.2 Å². The van der Waals surface area contributed by atoms with Gasteiger partial charge in [-0.2, -0.15) is 0 Å². The monoisotopic (exact) mass is 346 g/mol. The minimum atomic E-state index is -1.31. The lowest BCUT2D eigenvalue weighted by atomic mass is 10.1. The van der Waals surface area contributed by atoms with Crippen LogP contribution in [0.15, 0.2) is 17.2 Å². The van der Waals surface area contributed by atoms with Crippen LogP contribution in [0.3, 0.4) is 0 Å². The maximum absolute atomic E-state index is 15.3. The molecule has 1 aliphatic heterocycles. The Morgan fingerprint density at radius 3 is 2.56 bits per heavy atom. The Balaban J connectivity index is 1.91. The Bertz CT molecular complexity index is 914. The number of fused-ring (bicyclic) bond motifs is 1. The van der Waals surface area contributed by atoms with E-state index in [2.05, 4.69) is 4.98 Å². The first-order valence-corrected chi connectivity index (χ1v) is 8.44. The molecule has 4 rings (SSSR count). The van der Waals surface area contributed by atoms with Crippen molar-refractivity contribution < 1.29 is 14.3 Å². The van der Waals surface area contributed by atoms with E-state index in [1.165, 1.54) is 12.4 Å². The smallest absolute Gasteiger partial charge is 0.341 e. The summed E-state index contributed by atoms with van der Waals surface area (Å²) >= 11 is 0. The fraction of sp³-hybridized carbons (Fsp3) is 0.471. The Kier molecular flexibility index (Phi) is 3.72. The fourth-order valence-electron chi connectivity index (χ4n) is 3.42. The lowest BCUT2D eigenvalue weighted by Crippen LogP contribution is -2.40. The van der Waals surface area contributed by atoms with E-state index in [1.807, 2.05) is 4.90 Å². The van der Waals surface area contributed by atoms with Gasteiger partial charge in [-0.25, -0.2) is 14.2 Å². The third-order valence-corrected chi connectivity index (χ3v) is 5.00. The molecule has 0 aromatic carbocycles. The van der Waals surface area contributed by atoms with Crippen molar-refractivity contribution in [2.24, 2.45) is 5.73 Å². The van der Waals surface area contributed by atoms with Crippen LogP contribution in [0.5, 0.6) is 0 Å². The van der Waals surface area contributed by atoms with Crippen LogP contribution in [0.4, 0.5) is 10.2 Å². The van der Waals surface area contributed by atoms with Gasteiger partial charge in [0.25, 0.3) is 0 Å². The van der Waals surface area contributed by atoms with Gasteiger partial charge in [-0.3, -0.25) is 4.79 Å². The number of rotatable bonds is 3. The van der Waals surface area contributed by atoms with Crippen molar-refractivity contribution in [2.75, 3.05) is 18.0 Å². The fourth-order valence-corrected chi connectivity index (χ4v) is 3.42. The van der Waals surface area contributed by atoms with Crippen LogP contribution in [-0.4, -0.2) is 39.8 Å². The van der Waals surface area contributed by atoms with E-state index in [4.69, 9.17) is 5.73 Å². The SMILES string of the molecule is NC1CCN(c2ncc3c(=O)c(C(=O)O)cn(C4CC4)c3c2F)CC1. The molecule has 2 aromatic heterocycles. The van der Waals surface area contributed by atoms with Gasteiger partial charge < -0.3 is 20.3 Å². The average Bonchev–Trinajstić information content (AvgIpc) is 3.41. The summed E-state index contributed by atoms with van der Waals surface area (Å²) in [5, 5.41) is 9.27. The van der Waals surface area contributed by atoms with Crippen LogP contribution >= 0.6 is 0 Å². The molecule has 2 fully saturated rings. The van der Waals surface area contributed by atoms with Gasteiger partial charge in [-0.15, -0.1) is 0 Å². The molecular formula is C17H19FN4O3. The summed E-state index contributed by atoms with van der Waals surface area (Å²) in [6, 6.07) is 0.142. The van der Waals surface area contributed by atoms with Crippen LogP contribution in [0, 0.1) is 5.82 Å². The number of anilines is 1. The van der Waals surface area contributed by atoms with E-state index in [1.54, 1.807) is 4.57 Å². The number of carboxylic acids is 1. The van der Waals surface area contributed by atoms with Crippen LogP contribution in [0.2, 0.25) is 0 Å². The molecule has 0 spiro atoms. The van der Waals surface area contributed by atoms with Crippen LogP contribution in [0.25, 0.3) is 10.9 Å². The zero-order chi connectivity index (χ0) is 17.7. The third kappa shape index (κ3) is 2.66. The number of aromatic nitrogens is 2. The van der Waals surface area contributed by atoms with Crippen LogP contribution in [0.1, 0.15) is 42.1 Å². The number of hydrogen-bond acceptors (Lipinski definition) is 5. The highest BCUT2D eigenvalue weighted by molar-refractivity contribution is 5.93. The number of nitrogens with zero attached hydrogens (tertiary/aromatic N) is 3. The number of hydrogen-bond donors (Lipinski definition) is 2. The Morgan fingerprint density at radius 1 is 1.28 bits per heavy atom. The molecule has 1 aliphatic carbocycles. The summed E-state index contributed by atoms with van der Waals surface area (Å²) < 4.78 is 16.9. The molecule has 3 N–H and O–H groups in total. The predicted octanol–water partition coefficient (Wildman–Crippen LogP) is 1.50. The van der Waals surface area contributed by atoms with Crippen molar-refractivity contribution in [3.63, 3.8) is 0 Å². The molecule has 2 aromatic rings. The summed E-state index contributed by atoms with van der Waals surface area (Å²) in [4.78, 5) is 29.7. The van der Waals surface area contributed by atoms with Crippen LogP contribution < -0.4 is 16.1 Å². The summed E-state index contributed by atoms with van der Waals surface area (Å²) in [7, 11) is 0. The van der Waals surface area contributed by atoms with Crippen LogP contribution in [-0.2, 0) is 0 Å². The number of carbonyl (C=O) groups is 1. The number of nitrogens with two attached hydrogens (primary N) is 1. The zero-order valence-corrected chi connectivity index (χ0v) is 13.6. The Labute approximate surface area is 142 Å². The standard InChI is InChI=1S/C17H19FN4O3/c18-13-14-11(7-20-16(13)21-5-3-9(19)4-6-21)15(23)12(17(24)25)8-22(14)10-1-2-10/h7-10H,1-6,19H2,(H,24,25). The molecule has 1 saturated heterocycles. The van der Waals surface area contributed by atoms with Gasteiger partial charge in [0.1, 0.15) is 5.56 Å². The molecule has 3 heterocycles. The maximum Gasteiger partial charge on any atom is 0.341 e. The molecule has 0 atom stereocenters. The van der Waals surface area contributed by atoms with Gasteiger partial charge >= 0.3 is 5.97 Å². The van der Waals surface area contributed by atoms with E-state index >= 15 is 4.39 Å². The van der Waals surface area contributed by atoms with E-state index in [0.717, 1.165) is 25.7 Å². The minimum absolute atomic E-state index is 0.0155. The number of carboxylic acid groups (broad SMARTS) is 1. The van der Waals surface area contributed by atoms with Gasteiger partial charge in [0, 0.05) is 37.6 Å². The van der Waals surface area contributed by atoms with Gasteiger partial charge in [0.2, 0.25) is 5.43 Å². The quantitative estimate of drug-likeness (QED) is 0.873. The molecule has 132 valence electrons. The summed E-state index contributed by atoms with van der Waals surface area (Å²) in [5.74, 6) is -1.67. The first kappa shape index (κ1) is 16.0. The molecule has 0 amide bonds. The molecule has 0 radical (unpaired) electrons. The molecule has 1 saturated carbocycles. The van der Waals surface area contributed by atoms with Crippen molar-refractivity contribution >= 4 is 22.7 Å². The van der Waals surface area contributed by atoms with Gasteiger partial charge in [0.05, 0.1) is 10.9 Å². The molecular weight excluding hydrogens is 327 g/mol. The Hall–Kier alpha value is -2.48. The van der Waals surface area contributed by atoms with E-state index in [-0.39, 0.29) is 34.4 Å². The largest absolute Gasteiger partial charge is 0.477 e. The van der Waals surface area contributed by atoms with Gasteiger partial charge in [-0.1, -0.05) is 0 Å². The van der Waals surface area contributed by atoms with Gasteiger partial charge in [-0.05, 0) is 25.7 Å². The van der Waals surface area contributed by atoms with E-state index in [9.17, 15) is 14.7 Å². The number of pyridine rings is 2. The summed E-state index contributed by atoms with van der Waals surface area (Å²) in [6.45, 7) is 1.22. The molecule has 0 bridgehead atoms. The maximum atomic E-state index is 15.3. The number of piperidine rings is 1. The topological polar surface area (TPSA) is 101 Å². The molecule has 8 heteroatoms. The number of halogens is 1. The second-order valence-electron chi connectivity index (χ2n) is 6.80. The molecule has 2 aliphatic rings. The normalized spacial score (nSPS) is 18.7. The minimum Gasteiger partial charge on any atom is -0.477 e. The number of aromatic carboxylic acids is 1. The van der Waals surface area contributed by atoms with Crippen molar-refractivity contribution in [3.8, 4) is 0 Å². The third-order valence-electron chi connectivity index (χ3n) is 5.00. The second-order valence-corrected chi connectivity index (χ2v) is 6.80. The van der Waals surface area contributed by atoms with Crippen molar-refractivity contribution in [3.05, 3.63) is 34.0 Å². The second kappa shape index (κ2) is 5.80. The lowest BCUT2D eigenvalue weighted by molar-refractivity contribution is 0.0695. The lowest BCUT2D eigenvalue weighted by Gasteiger charge is -2.31. The molecule has 25 heavy (non-hydrogen) atoms. The Morgan fingerprint density at radius 2 is 1.96 bits per heavy atom. The highest BCUT2D eigenvalue weighted by Crippen LogP contribution is 2.38. The van der Waals surface area contributed by atoms with Crippen molar-refractivity contribution in [2.45, 2.75) is 37.8 Å². The average molecular weight is 346 g/mol. The molecule has 0 unspecified atom stereocenters. The predicted molar refractivity (Wildman–Crippen MR) is 90.6 cm³/mol. The molecule has 7 nitrogen and oxygen atoms in total. The zero-order valence-electron chi connectivity index (χ0n) is 13.6. The van der Waals surface area contributed by atoms with E-state index in [0.29, 0.717) is 13.1 Å².